The predicted molar refractivity (Wildman–Crippen MR) is 150 cm³/mol. The minimum Gasteiger partial charge on any atom is -0.461 e. The molecule has 0 radical (unpaired) electrons. The van der Waals surface area contributed by atoms with E-state index in [1.165, 1.54) is 17.3 Å². The number of furan rings is 1. The second kappa shape index (κ2) is 11.2. The molecule has 0 aliphatic carbocycles. The molecule has 3 aromatic carbocycles. The van der Waals surface area contributed by atoms with Gasteiger partial charge in [0.25, 0.3) is 0 Å². The lowest BCUT2D eigenvalue weighted by atomic mass is 10.0. The number of rotatable bonds is 8. The molecule has 0 atom stereocenters. The highest BCUT2D eigenvalue weighted by Gasteiger charge is 2.23. The molecule has 1 aliphatic rings. The summed E-state index contributed by atoms with van der Waals surface area (Å²) in [7, 11) is 0. The summed E-state index contributed by atoms with van der Waals surface area (Å²) in [5.74, 6) is 1.53. The van der Waals surface area contributed by atoms with Gasteiger partial charge in [0.2, 0.25) is 11.7 Å². The lowest BCUT2D eigenvalue weighted by Crippen LogP contribution is -2.44. The zero-order chi connectivity index (χ0) is 25.7. The average molecular weight is 524 g/mol. The monoisotopic (exact) mass is 523 g/mol. The Morgan fingerprint density at radius 1 is 0.921 bits per heavy atom. The predicted octanol–water partition coefficient (Wildman–Crippen LogP) is 5.55. The van der Waals surface area contributed by atoms with Crippen LogP contribution in [0, 0.1) is 0 Å². The van der Waals surface area contributed by atoms with Gasteiger partial charge in [-0.25, -0.2) is 0 Å². The van der Waals surface area contributed by atoms with Gasteiger partial charge in [-0.15, -0.1) is 10.2 Å². The van der Waals surface area contributed by atoms with Crippen LogP contribution in [0.15, 0.2) is 101 Å². The third kappa shape index (κ3) is 5.37. The summed E-state index contributed by atoms with van der Waals surface area (Å²) in [5.41, 5.74) is 2.28. The maximum Gasteiger partial charge on any atom is 0.230 e. The Morgan fingerprint density at radius 3 is 2.53 bits per heavy atom. The van der Waals surface area contributed by atoms with Crippen molar-refractivity contribution in [3.05, 3.63) is 96.8 Å². The van der Waals surface area contributed by atoms with Crippen molar-refractivity contribution >= 4 is 28.4 Å². The van der Waals surface area contributed by atoms with Crippen molar-refractivity contribution in [3.63, 3.8) is 0 Å². The fraction of sp³-hybridized carbons (Fsp3) is 0.233. The van der Waals surface area contributed by atoms with E-state index in [9.17, 15) is 4.79 Å². The van der Waals surface area contributed by atoms with Crippen LogP contribution in [0.4, 0.5) is 0 Å². The highest BCUT2D eigenvalue weighted by atomic mass is 32.2. The number of benzene rings is 3. The van der Waals surface area contributed by atoms with Crippen LogP contribution in [0.3, 0.4) is 0 Å². The van der Waals surface area contributed by atoms with Gasteiger partial charge in [0, 0.05) is 31.1 Å². The molecular formula is C30H29N5O2S. The molecule has 1 amide bonds. The largest absolute Gasteiger partial charge is 0.461 e. The van der Waals surface area contributed by atoms with E-state index in [1.807, 2.05) is 47.0 Å². The van der Waals surface area contributed by atoms with Crippen molar-refractivity contribution in [2.45, 2.75) is 30.6 Å². The number of carbonyl (C=O) groups excluding carboxylic acids is 1. The van der Waals surface area contributed by atoms with E-state index in [-0.39, 0.29) is 17.7 Å². The molecule has 8 heteroatoms. The summed E-state index contributed by atoms with van der Waals surface area (Å²) < 4.78 is 7.65. The van der Waals surface area contributed by atoms with Gasteiger partial charge in [0.05, 0.1) is 17.7 Å². The van der Waals surface area contributed by atoms with Gasteiger partial charge in [-0.05, 0) is 42.0 Å². The summed E-state index contributed by atoms with van der Waals surface area (Å²) in [6.45, 7) is 2.92. The molecule has 0 saturated carbocycles. The molecule has 38 heavy (non-hydrogen) atoms. The van der Waals surface area contributed by atoms with Crippen LogP contribution in [0.5, 0.6) is 0 Å². The summed E-state index contributed by atoms with van der Waals surface area (Å²) in [6.07, 6.45) is 3.54. The van der Waals surface area contributed by atoms with E-state index in [1.54, 1.807) is 6.26 Å². The fourth-order valence-electron chi connectivity index (χ4n) is 5.03. The normalized spacial score (nSPS) is 14.6. The molecule has 6 rings (SSSR count). The van der Waals surface area contributed by atoms with Crippen molar-refractivity contribution in [3.8, 4) is 17.3 Å². The van der Waals surface area contributed by atoms with Crippen LogP contribution in [0.1, 0.15) is 18.4 Å². The molecule has 3 heterocycles. The Hall–Kier alpha value is -3.88. The first-order valence-corrected chi connectivity index (χ1v) is 13.9. The molecular weight excluding hydrogens is 494 g/mol. The number of nitrogens with zero attached hydrogens (tertiary/aromatic N) is 4. The standard InChI is InChI=1S/C30H29N5O2S/c36-28(31-24-15-17-34(18-16-24)20-22-8-2-1-3-9-22)21-38-30-33-32-29(27-14-7-19-37-27)35(30)26-13-6-11-23-10-4-5-12-25(23)26/h1-14,19,24H,15-18,20-21H2,(H,31,36). The number of amides is 1. The van der Waals surface area contributed by atoms with E-state index >= 15 is 0 Å². The van der Waals surface area contributed by atoms with Crippen LogP contribution < -0.4 is 5.32 Å². The first-order chi connectivity index (χ1) is 18.7. The number of thioether (sulfide) groups is 1. The maximum absolute atomic E-state index is 12.9. The number of hydrogen-bond donors (Lipinski definition) is 1. The maximum atomic E-state index is 12.9. The molecule has 1 saturated heterocycles. The zero-order valence-corrected chi connectivity index (χ0v) is 21.8. The molecule has 7 nitrogen and oxygen atoms in total. The van der Waals surface area contributed by atoms with Crippen molar-refractivity contribution in [2.24, 2.45) is 0 Å². The van der Waals surface area contributed by atoms with Crippen molar-refractivity contribution < 1.29 is 9.21 Å². The molecule has 5 aromatic rings. The minimum atomic E-state index is 0.0172. The quantitative estimate of drug-likeness (QED) is 0.269. The van der Waals surface area contributed by atoms with Gasteiger partial charge in [0.15, 0.2) is 10.9 Å². The van der Waals surface area contributed by atoms with Gasteiger partial charge >= 0.3 is 0 Å². The van der Waals surface area contributed by atoms with Crippen LogP contribution in [-0.4, -0.2) is 50.5 Å². The minimum absolute atomic E-state index is 0.0172. The number of carbonyl (C=O) groups is 1. The summed E-state index contributed by atoms with van der Waals surface area (Å²) in [6, 6.07) is 28.8. The van der Waals surface area contributed by atoms with E-state index in [0.29, 0.717) is 16.7 Å². The Bertz CT molecular complexity index is 1500. The molecule has 1 aliphatic heterocycles. The first-order valence-electron chi connectivity index (χ1n) is 12.9. The molecule has 1 fully saturated rings. The van der Waals surface area contributed by atoms with Gasteiger partial charge < -0.3 is 9.73 Å². The van der Waals surface area contributed by atoms with Crippen LogP contribution in [0.2, 0.25) is 0 Å². The van der Waals surface area contributed by atoms with E-state index in [0.717, 1.165) is 48.9 Å². The van der Waals surface area contributed by atoms with E-state index in [2.05, 4.69) is 62.9 Å². The summed E-state index contributed by atoms with van der Waals surface area (Å²) in [4.78, 5) is 15.4. The number of piperidine rings is 1. The van der Waals surface area contributed by atoms with E-state index in [4.69, 9.17) is 4.42 Å². The number of aromatic nitrogens is 3. The Balaban J connectivity index is 1.13. The zero-order valence-electron chi connectivity index (χ0n) is 21.0. The SMILES string of the molecule is O=C(CSc1nnc(-c2ccco2)n1-c1cccc2ccccc12)NC1CCN(Cc2ccccc2)CC1. The van der Waals surface area contributed by atoms with E-state index < -0.39 is 0 Å². The third-order valence-electron chi connectivity index (χ3n) is 6.92. The van der Waals surface area contributed by atoms with Crippen molar-refractivity contribution in [1.29, 1.82) is 0 Å². The molecule has 0 bridgehead atoms. The second-order valence-electron chi connectivity index (χ2n) is 9.51. The number of nitrogens with one attached hydrogen (secondary N) is 1. The highest BCUT2D eigenvalue weighted by molar-refractivity contribution is 7.99. The van der Waals surface area contributed by atoms with Gasteiger partial charge in [-0.3, -0.25) is 14.3 Å². The lowest BCUT2D eigenvalue weighted by molar-refractivity contribution is -0.119. The number of likely N-dealkylation sites (tertiary alicyclic amines) is 1. The second-order valence-corrected chi connectivity index (χ2v) is 10.5. The summed E-state index contributed by atoms with van der Waals surface area (Å²) >= 11 is 1.39. The average Bonchev–Trinajstić information content (AvgIpc) is 3.63. The van der Waals surface area contributed by atoms with Crippen LogP contribution in [-0.2, 0) is 11.3 Å². The Kier molecular flexibility index (Phi) is 7.24. The Labute approximate surface area is 225 Å². The lowest BCUT2D eigenvalue weighted by Gasteiger charge is -2.32. The van der Waals surface area contributed by atoms with Crippen LogP contribution >= 0.6 is 11.8 Å². The number of hydrogen-bond acceptors (Lipinski definition) is 6. The van der Waals surface area contributed by atoms with Gasteiger partial charge in [-0.1, -0.05) is 78.5 Å². The van der Waals surface area contributed by atoms with Crippen LogP contribution in [0.25, 0.3) is 28.0 Å². The first kappa shape index (κ1) is 24.5. The molecule has 0 spiro atoms. The third-order valence-corrected chi connectivity index (χ3v) is 7.85. The molecule has 1 N–H and O–H groups in total. The fourth-order valence-corrected chi connectivity index (χ4v) is 5.78. The van der Waals surface area contributed by atoms with Gasteiger partial charge in [0.1, 0.15) is 0 Å². The number of fused-ring (bicyclic) bond motifs is 1. The van der Waals surface area contributed by atoms with Crippen molar-refractivity contribution in [1.82, 2.24) is 25.0 Å². The topological polar surface area (TPSA) is 76.2 Å². The Morgan fingerprint density at radius 2 is 1.71 bits per heavy atom. The van der Waals surface area contributed by atoms with Gasteiger partial charge in [-0.2, -0.15) is 0 Å². The molecule has 2 aromatic heterocycles. The smallest absolute Gasteiger partial charge is 0.230 e. The molecule has 192 valence electrons. The summed E-state index contributed by atoms with van der Waals surface area (Å²) in [5, 5.41) is 15.0. The van der Waals surface area contributed by atoms with Crippen molar-refractivity contribution in [2.75, 3.05) is 18.8 Å². The highest BCUT2D eigenvalue weighted by Crippen LogP contribution is 2.32. The molecule has 0 unspecified atom stereocenters.